The van der Waals surface area contributed by atoms with Crippen molar-refractivity contribution in [2.75, 3.05) is 6.54 Å². The Labute approximate surface area is 172 Å². The Bertz CT molecular complexity index is 934. The van der Waals surface area contributed by atoms with Gasteiger partial charge in [-0.1, -0.05) is 55.8 Å². The molecule has 0 bridgehead atoms. The Hall–Kier alpha value is -2.95. The number of hydrogen-bond donors (Lipinski definition) is 1. The van der Waals surface area contributed by atoms with Crippen LogP contribution in [0.25, 0.3) is 0 Å². The van der Waals surface area contributed by atoms with Gasteiger partial charge >= 0.3 is 0 Å². The summed E-state index contributed by atoms with van der Waals surface area (Å²) in [5.41, 5.74) is 2.92. The molecule has 0 aliphatic carbocycles. The summed E-state index contributed by atoms with van der Waals surface area (Å²) in [6, 6.07) is 15.4. The molecule has 5 heteroatoms. The molecule has 1 atom stereocenters. The Morgan fingerprint density at radius 1 is 1.03 bits per heavy atom. The molecule has 0 saturated heterocycles. The third-order valence-corrected chi connectivity index (χ3v) is 5.47. The number of hydrogen-bond acceptors (Lipinski definition) is 3. The first kappa shape index (κ1) is 20.8. The summed E-state index contributed by atoms with van der Waals surface area (Å²) >= 11 is 0. The predicted molar refractivity (Wildman–Crippen MR) is 113 cm³/mol. The highest BCUT2D eigenvalue weighted by molar-refractivity contribution is 6.21. The topological polar surface area (TPSA) is 66.5 Å². The van der Waals surface area contributed by atoms with E-state index < -0.39 is 0 Å². The van der Waals surface area contributed by atoms with Crippen LogP contribution in [0.15, 0.2) is 48.5 Å². The van der Waals surface area contributed by atoms with E-state index in [0.717, 1.165) is 12.0 Å². The van der Waals surface area contributed by atoms with Gasteiger partial charge in [-0.15, -0.1) is 0 Å². The molecule has 3 amide bonds. The number of nitrogens with zero attached hydrogens (tertiary/aromatic N) is 1. The van der Waals surface area contributed by atoms with Crippen LogP contribution >= 0.6 is 0 Å². The third-order valence-electron chi connectivity index (χ3n) is 5.47. The van der Waals surface area contributed by atoms with E-state index in [9.17, 15) is 14.4 Å². The van der Waals surface area contributed by atoms with Crippen LogP contribution < -0.4 is 5.32 Å². The number of benzene rings is 2. The molecule has 5 nitrogen and oxygen atoms in total. The first-order valence-corrected chi connectivity index (χ1v) is 10.0. The summed E-state index contributed by atoms with van der Waals surface area (Å²) < 4.78 is 0. The van der Waals surface area contributed by atoms with E-state index in [1.54, 1.807) is 12.1 Å². The minimum atomic E-state index is -0.323. The normalized spacial score (nSPS) is 14.7. The second kappa shape index (κ2) is 8.19. The van der Waals surface area contributed by atoms with Gasteiger partial charge in [-0.3, -0.25) is 19.3 Å². The van der Waals surface area contributed by atoms with Crippen molar-refractivity contribution in [1.29, 1.82) is 0 Å². The molecular formula is C24H28N2O3. The van der Waals surface area contributed by atoms with Crippen LogP contribution in [-0.4, -0.2) is 35.2 Å². The number of rotatable bonds is 7. The summed E-state index contributed by atoms with van der Waals surface area (Å²) in [6.07, 6.45) is 0.885. The van der Waals surface area contributed by atoms with Crippen LogP contribution in [-0.2, 0) is 10.2 Å². The maximum Gasteiger partial charge on any atom is 0.261 e. The lowest BCUT2D eigenvalue weighted by molar-refractivity contribution is -0.121. The fourth-order valence-corrected chi connectivity index (χ4v) is 3.99. The van der Waals surface area contributed by atoms with E-state index in [1.807, 2.05) is 38.1 Å². The summed E-state index contributed by atoms with van der Waals surface area (Å²) in [7, 11) is 0. The molecule has 152 valence electrons. The largest absolute Gasteiger partial charge is 0.354 e. The Kier molecular flexibility index (Phi) is 5.87. The zero-order valence-electron chi connectivity index (χ0n) is 17.5. The minimum absolute atomic E-state index is 0.0254. The minimum Gasteiger partial charge on any atom is -0.354 e. The van der Waals surface area contributed by atoms with E-state index in [1.165, 1.54) is 10.5 Å². The summed E-state index contributed by atoms with van der Waals surface area (Å²) in [5.74, 6) is -0.801. The molecule has 1 N–H and O–H groups in total. The van der Waals surface area contributed by atoms with Crippen molar-refractivity contribution in [1.82, 2.24) is 10.2 Å². The highest BCUT2D eigenvalue weighted by Gasteiger charge is 2.35. The van der Waals surface area contributed by atoms with Crippen LogP contribution in [0.1, 0.15) is 65.5 Å². The number of fused-ring (bicyclic) bond motifs is 1. The Morgan fingerprint density at radius 3 is 2.38 bits per heavy atom. The molecule has 0 saturated carbocycles. The number of carbonyl (C=O) groups is 3. The number of imide groups is 1. The number of nitrogens with one attached hydrogen (secondary N) is 1. The number of aryl methyl sites for hydroxylation is 1. The molecule has 0 spiro atoms. The second-order valence-corrected chi connectivity index (χ2v) is 8.48. The van der Waals surface area contributed by atoms with Crippen LogP contribution in [0.4, 0.5) is 0 Å². The van der Waals surface area contributed by atoms with Gasteiger partial charge < -0.3 is 5.32 Å². The molecule has 29 heavy (non-hydrogen) atoms. The van der Waals surface area contributed by atoms with E-state index in [-0.39, 0.29) is 42.1 Å². The van der Waals surface area contributed by atoms with Gasteiger partial charge in [-0.2, -0.15) is 0 Å². The van der Waals surface area contributed by atoms with Crippen molar-refractivity contribution in [2.45, 2.75) is 52.0 Å². The van der Waals surface area contributed by atoms with Gasteiger partial charge in [0, 0.05) is 19.0 Å². The lowest BCUT2D eigenvalue weighted by atomic mass is 9.79. The van der Waals surface area contributed by atoms with Crippen molar-refractivity contribution in [3.05, 3.63) is 70.8 Å². The van der Waals surface area contributed by atoms with E-state index in [4.69, 9.17) is 0 Å². The second-order valence-electron chi connectivity index (χ2n) is 8.48. The molecule has 3 rings (SSSR count). The molecule has 0 fully saturated rings. The summed E-state index contributed by atoms with van der Waals surface area (Å²) in [5, 5.41) is 3.00. The van der Waals surface area contributed by atoms with Gasteiger partial charge in [0.25, 0.3) is 11.8 Å². The SMILES string of the molecule is Cc1ccc2c(c1)C(=O)N(CCC(=O)NC(C)CC(C)(C)c1ccccc1)C2=O. The van der Waals surface area contributed by atoms with E-state index in [0.29, 0.717) is 11.1 Å². The fraction of sp³-hybridized carbons (Fsp3) is 0.375. The van der Waals surface area contributed by atoms with Crippen molar-refractivity contribution >= 4 is 17.7 Å². The monoisotopic (exact) mass is 392 g/mol. The molecule has 1 heterocycles. The van der Waals surface area contributed by atoms with Crippen molar-refractivity contribution in [3.8, 4) is 0 Å². The highest BCUT2D eigenvalue weighted by atomic mass is 16.2. The zero-order chi connectivity index (χ0) is 21.2. The van der Waals surface area contributed by atoms with Gasteiger partial charge in [0.2, 0.25) is 5.91 Å². The predicted octanol–water partition coefficient (Wildman–Crippen LogP) is 3.85. The molecule has 2 aromatic rings. The Balaban J connectivity index is 1.54. The average molecular weight is 392 g/mol. The van der Waals surface area contributed by atoms with Gasteiger partial charge in [-0.25, -0.2) is 0 Å². The maximum atomic E-state index is 12.5. The van der Waals surface area contributed by atoms with Crippen LogP contribution in [0.5, 0.6) is 0 Å². The molecule has 0 aromatic heterocycles. The number of amides is 3. The first-order valence-electron chi connectivity index (χ1n) is 10.0. The van der Waals surface area contributed by atoms with Crippen LogP contribution in [0.2, 0.25) is 0 Å². The highest BCUT2D eigenvalue weighted by Crippen LogP contribution is 2.28. The van der Waals surface area contributed by atoms with Crippen molar-refractivity contribution in [2.24, 2.45) is 0 Å². The first-order chi connectivity index (χ1) is 13.7. The third kappa shape index (κ3) is 4.56. The molecule has 1 aliphatic rings. The van der Waals surface area contributed by atoms with Gasteiger partial charge in [0.15, 0.2) is 0 Å². The summed E-state index contributed by atoms with van der Waals surface area (Å²) in [4.78, 5) is 38.6. The lowest BCUT2D eigenvalue weighted by Crippen LogP contribution is -2.39. The molecule has 0 radical (unpaired) electrons. The quantitative estimate of drug-likeness (QED) is 0.728. The molecule has 2 aromatic carbocycles. The lowest BCUT2D eigenvalue weighted by Gasteiger charge is -2.29. The molecular weight excluding hydrogens is 364 g/mol. The van der Waals surface area contributed by atoms with Gasteiger partial charge in [-0.05, 0) is 43.4 Å². The van der Waals surface area contributed by atoms with Crippen LogP contribution in [0, 0.1) is 6.92 Å². The zero-order valence-corrected chi connectivity index (χ0v) is 17.5. The van der Waals surface area contributed by atoms with Crippen molar-refractivity contribution in [3.63, 3.8) is 0 Å². The molecule has 1 aliphatic heterocycles. The van der Waals surface area contributed by atoms with Gasteiger partial charge in [0.1, 0.15) is 0 Å². The number of carbonyl (C=O) groups excluding carboxylic acids is 3. The van der Waals surface area contributed by atoms with E-state index >= 15 is 0 Å². The summed E-state index contributed by atoms with van der Waals surface area (Å²) in [6.45, 7) is 8.27. The Morgan fingerprint density at radius 2 is 1.69 bits per heavy atom. The fourth-order valence-electron chi connectivity index (χ4n) is 3.99. The van der Waals surface area contributed by atoms with E-state index in [2.05, 4.69) is 31.3 Å². The van der Waals surface area contributed by atoms with Crippen LogP contribution in [0.3, 0.4) is 0 Å². The maximum absolute atomic E-state index is 12.5. The van der Waals surface area contributed by atoms with Crippen molar-refractivity contribution < 1.29 is 14.4 Å². The standard InChI is InChI=1S/C24H28N2O3/c1-16-10-11-19-20(14-16)23(29)26(22(19)28)13-12-21(27)25-17(2)15-24(3,4)18-8-6-5-7-9-18/h5-11,14,17H,12-13,15H2,1-4H3,(H,25,27). The average Bonchev–Trinajstić information content (AvgIpc) is 2.90. The smallest absolute Gasteiger partial charge is 0.261 e. The van der Waals surface area contributed by atoms with Gasteiger partial charge in [0.05, 0.1) is 11.1 Å². The molecule has 1 unspecified atom stereocenters.